The van der Waals surface area contributed by atoms with Crippen LogP contribution in [0.1, 0.15) is 5.56 Å². The van der Waals surface area contributed by atoms with Crippen molar-refractivity contribution in [3.63, 3.8) is 0 Å². The molecule has 2 rings (SSSR count). The molecule has 0 fully saturated rings. The average Bonchev–Trinajstić information content (AvgIpc) is 2.52. The molecule has 0 aromatic heterocycles. The van der Waals surface area contributed by atoms with Gasteiger partial charge < -0.3 is 15.0 Å². The number of halogens is 2. The van der Waals surface area contributed by atoms with E-state index in [1.54, 1.807) is 24.1 Å². The van der Waals surface area contributed by atoms with Gasteiger partial charge >= 0.3 is 6.03 Å². The van der Waals surface area contributed by atoms with Crippen LogP contribution in [0.15, 0.2) is 53.0 Å². The van der Waals surface area contributed by atoms with E-state index in [2.05, 4.69) is 21.2 Å². The molecule has 0 radical (unpaired) electrons. The summed E-state index contributed by atoms with van der Waals surface area (Å²) in [6.07, 6.45) is 0. The van der Waals surface area contributed by atoms with Crippen LogP contribution in [0.3, 0.4) is 0 Å². The summed E-state index contributed by atoms with van der Waals surface area (Å²) in [4.78, 5) is 13.6. The minimum Gasteiger partial charge on any atom is -0.492 e. The van der Waals surface area contributed by atoms with Gasteiger partial charge in [0.25, 0.3) is 0 Å². The predicted octanol–water partition coefficient (Wildman–Crippen LogP) is 4.32. The normalized spacial score (nSPS) is 10.2. The fourth-order valence-electron chi connectivity index (χ4n) is 1.92. The Labute approximate surface area is 149 Å². The molecule has 0 saturated carbocycles. The second-order valence-electron chi connectivity index (χ2n) is 5.02. The summed E-state index contributed by atoms with van der Waals surface area (Å²) in [6.45, 7) is 1.37. The van der Waals surface area contributed by atoms with E-state index in [-0.39, 0.29) is 6.03 Å². The first-order chi connectivity index (χ1) is 11.0. The highest BCUT2D eigenvalue weighted by atomic mass is 79.9. The Bertz CT molecular complexity index is 667. The first-order valence-corrected chi connectivity index (χ1v) is 8.33. The zero-order chi connectivity index (χ0) is 16.7. The average molecular weight is 398 g/mol. The second kappa shape index (κ2) is 8.79. The summed E-state index contributed by atoms with van der Waals surface area (Å²) in [5, 5.41) is 3.50. The number of likely N-dealkylation sites (N-methyl/N-ethyl adjacent to an activating group) is 1. The van der Waals surface area contributed by atoms with Gasteiger partial charge in [0, 0.05) is 23.1 Å². The summed E-state index contributed by atoms with van der Waals surface area (Å²) in [5.41, 5.74) is 1.04. The van der Waals surface area contributed by atoms with Crippen LogP contribution < -0.4 is 10.1 Å². The Hall–Kier alpha value is -1.72. The van der Waals surface area contributed by atoms with Crippen molar-refractivity contribution in [2.24, 2.45) is 0 Å². The third-order valence-electron chi connectivity index (χ3n) is 3.17. The van der Waals surface area contributed by atoms with E-state index in [1.165, 1.54) is 0 Å². The number of carbonyl (C=O) groups excluding carboxylic acids is 1. The third kappa shape index (κ3) is 6.12. The van der Waals surface area contributed by atoms with Gasteiger partial charge in [-0.15, -0.1) is 0 Å². The monoisotopic (exact) mass is 396 g/mol. The molecule has 6 heteroatoms. The van der Waals surface area contributed by atoms with Crippen molar-refractivity contribution in [3.05, 3.63) is 63.6 Å². The molecule has 0 unspecified atom stereocenters. The SMILES string of the molecule is CN(CCOc1cccc(Cl)c1)C(=O)NCc1cccc(Br)c1. The van der Waals surface area contributed by atoms with Crippen LogP contribution in [0.2, 0.25) is 5.02 Å². The number of urea groups is 1. The summed E-state index contributed by atoms with van der Waals surface area (Å²) < 4.78 is 6.57. The van der Waals surface area contributed by atoms with Crippen LogP contribution >= 0.6 is 27.5 Å². The Morgan fingerprint density at radius 1 is 1.26 bits per heavy atom. The minimum absolute atomic E-state index is 0.139. The smallest absolute Gasteiger partial charge is 0.317 e. The quantitative estimate of drug-likeness (QED) is 0.788. The van der Waals surface area contributed by atoms with Crippen molar-refractivity contribution < 1.29 is 9.53 Å². The first kappa shape index (κ1) is 17.6. The number of benzene rings is 2. The molecular formula is C17H18BrClN2O2. The predicted molar refractivity (Wildman–Crippen MR) is 96.0 cm³/mol. The van der Waals surface area contributed by atoms with Gasteiger partial charge in [0.1, 0.15) is 12.4 Å². The van der Waals surface area contributed by atoms with Crippen LogP contribution in [-0.4, -0.2) is 31.1 Å². The molecule has 0 aliphatic rings. The molecular weight excluding hydrogens is 380 g/mol. The number of rotatable bonds is 6. The van der Waals surface area contributed by atoms with Crippen molar-refractivity contribution in [2.75, 3.05) is 20.2 Å². The van der Waals surface area contributed by atoms with Crippen molar-refractivity contribution in [3.8, 4) is 5.75 Å². The molecule has 0 spiro atoms. The van der Waals surface area contributed by atoms with Crippen molar-refractivity contribution in [1.82, 2.24) is 10.2 Å². The van der Waals surface area contributed by atoms with E-state index in [4.69, 9.17) is 16.3 Å². The van der Waals surface area contributed by atoms with Gasteiger partial charge in [0.05, 0.1) is 6.54 Å². The van der Waals surface area contributed by atoms with Gasteiger partial charge in [-0.05, 0) is 35.9 Å². The number of hydrogen-bond acceptors (Lipinski definition) is 2. The third-order valence-corrected chi connectivity index (χ3v) is 3.90. The number of nitrogens with one attached hydrogen (secondary N) is 1. The molecule has 0 aliphatic carbocycles. The van der Waals surface area contributed by atoms with Gasteiger partial charge in [-0.1, -0.05) is 45.7 Å². The Kier molecular flexibility index (Phi) is 6.74. The maximum atomic E-state index is 12.0. The summed E-state index contributed by atoms with van der Waals surface area (Å²) >= 11 is 9.30. The maximum Gasteiger partial charge on any atom is 0.317 e. The largest absolute Gasteiger partial charge is 0.492 e. The van der Waals surface area contributed by atoms with Crippen molar-refractivity contribution in [1.29, 1.82) is 0 Å². The van der Waals surface area contributed by atoms with E-state index in [0.717, 1.165) is 10.0 Å². The molecule has 4 nitrogen and oxygen atoms in total. The standard InChI is InChI=1S/C17H18BrClN2O2/c1-21(8-9-23-16-7-3-6-15(19)11-16)17(22)20-12-13-4-2-5-14(18)10-13/h2-7,10-11H,8-9,12H2,1H3,(H,20,22). The lowest BCUT2D eigenvalue weighted by atomic mass is 10.2. The lowest BCUT2D eigenvalue weighted by Crippen LogP contribution is -2.39. The summed E-state index contributed by atoms with van der Waals surface area (Å²) in [7, 11) is 1.73. The molecule has 2 aromatic carbocycles. The van der Waals surface area contributed by atoms with Gasteiger partial charge in [-0.2, -0.15) is 0 Å². The fraction of sp³-hybridized carbons (Fsp3) is 0.235. The fourth-order valence-corrected chi connectivity index (χ4v) is 2.55. The Morgan fingerprint density at radius 2 is 2.04 bits per heavy atom. The molecule has 0 atom stereocenters. The van der Waals surface area contributed by atoms with E-state index in [0.29, 0.717) is 30.5 Å². The molecule has 0 heterocycles. The summed E-state index contributed by atoms with van der Waals surface area (Å²) in [5.74, 6) is 0.695. The van der Waals surface area contributed by atoms with Crippen molar-refractivity contribution >= 4 is 33.6 Å². The van der Waals surface area contributed by atoms with Gasteiger partial charge in [0.15, 0.2) is 0 Å². The number of nitrogens with zero attached hydrogens (tertiary/aromatic N) is 1. The van der Waals surface area contributed by atoms with E-state index in [9.17, 15) is 4.79 Å². The van der Waals surface area contributed by atoms with Crippen LogP contribution in [0, 0.1) is 0 Å². The minimum atomic E-state index is -0.139. The van der Waals surface area contributed by atoms with E-state index in [1.807, 2.05) is 36.4 Å². The highest BCUT2D eigenvalue weighted by molar-refractivity contribution is 9.10. The van der Waals surface area contributed by atoms with Crippen molar-refractivity contribution in [2.45, 2.75) is 6.54 Å². The molecule has 0 bridgehead atoms. The van der Waals surface area contributed by atoms with Gasteiger partial charge in [0.2, 0.25) is 0 Å². The Morgan fingerprint density at radius 3 is 2.78 bits per heavy atom. The van der Waals surface area contributed by atoms with Crippen LogP contribution in [0.4, 0.5) is 4.79 Å². The first-order valence-electron chi connectivity index (χ1n) is 7.16. The molecule has 122 valence electrons. The van der Waals surface area contributed by atoms with Crippen LogP contribution in [0.25, 0.3) is 0 Å². The zero-order valence-corrected chi connectivity index (χ0v) is 15.1. The van der Waals surface area contributed by atoms with Gasteiger partial charge in [-0.25, -0.2) is 4.79 Å². The van der Waals surface area contributed by atoms with Crippen LogP contribution in [0.5, 0.6) is 5.75 Å². The Balaban J connectivity index is 1.72. The lowest BCUT2D eigenvalue weighted by Gasteiger charge is -2.18. The molecule has 0 aliphatic heterocycles. The van der Waals surface area contributed by atoms with Crippen LogP contribution in [-0.2, 0) is 6.54 Å². The van der Waals surface area contributed by atoms with E-state index >= 15 is 0 Å². The number of ether oxygens (including phenoxy) is 1. The molecule has 2 amide bonds. The highest BCUT2D eigenvalue weighted by Crippen LogP contribution is 2.16. The topological polar surface area (TPSA) is 41.6 Å². The maximum absolute atomic E-state index is 12.0. The molecule has 0 saturated heterocycles. The highest BCUT2D eigenvalue weighted by Gasteiger charge is 2.08. The zero-order valence-electron chi connectivity index (χ0n) is 12.8. The summed E-state index contributed by atoms with van der Waals surface area (Å²) in [6, 6.07) is 14.9. The molecule has 23 heavy (non-hydrogen) atoms. The van der Waals surface area contributed by atoms with Gasteiger partial charge in [-0.3, -0.25) is 0 Å². The van der Waals surface area contributed by atoms with E-state index < -0.39 is 0 Å². The molecule has 2 aromatic rings. The lowest BCUT2D eigenvalue weighted by molar-refractivity contribution is 0.195. The number of carbonyl (C=O) groups is 1. The number of hydrogen-bond donors (Lipinski definition) is 1. The second-order valence-corrected chi connectivity index (χ2v) is 6.37. The molecule has 1 N–H and O–H groups in total. The number of amides is 2.